The van der Waals surface area contributed by atoms with Gasteiger partial charge in [0.15, 0.2) is 0 Å². The quantitative estimate of drug-likeness (QED) is 0.147. The minimum absolute atomic E-state index is 0.143. The van der Waals surface area contributed by atoms with Crippen LogP contribution in [0.1, 0.15) is 72.2 Å². The Bertz CT molecular complexity index is 2340. The van der Waals surface area contributed by atoms with Crippen molar-refractivity contribution >= 4 is 109 Å². The molecule has 0 aliphatic heterocycles. The zero-order chi connectivity index (χ0) is 29.3. The standard InChI is InChI=1S/C20H16S4.C16H8S4/c1-19(2)9-5-7-21-13(9)15-11(19)17-18(23-15)12-16(24-17)14-10(6-8-22-14)20(12,3)4;1-3-17-11-7(1)5-9-13(11)19-16-10-6-8-2-4-18-12(8)14(10)20-15(9)16/h5-8H,1-4H3;1-4H,5-6H2. The topological polar surface area (TPSA) is 0 Å². The maximum atomic E-state index is 2.41. The van der Waals surface area contributed by atoms with Crippen molar-refractivity contribution in [1.29, 1.82) is 0 Å². The van der Waals surface area contributed by atoms with E-state index >= 15 is 0 Å². The van der Waals surface area contributed by atoms with Crippen LogP contribution in [0.15, 0.2) is 45.8 Å². The molecule has 0 aromatic carbocycles. The van der Waals surface area contributed by atoms with Gasteiger partial charge in [-0.25, -0.2) is 0 Å². The zero-order valence-electron chi connectivity index (χ0n) is 24.3. The third-order valence-electron chi connectivity index (χ3n) is 10.2. The molecular weight excluding hydrogens is 689 g/mol. The lowest BCUT2D eigenvalue weighted by molar-refractivity contribution is 0.666. The summed E-state index contributed by atoms with van der Waals surface area (Å²) in [5, 5.41) is 9.00. The first-order valence-corrected chi connectivity index (χ1v) is 21.6. The monoisotopic (exact) mass is 712 g/mol. The van der Waals surface area contributed by atoms with Crippen LogP contribution in [0.25, 0.3) is 57.8 Å². The van der Waals surface area contributed by atoms with Gasteiger partial charge in [-0.3, -0.25) is 0 Å². The Balaban J connectivity index is 0.000000112. The van der Waals surface area contributed by atoms with E-state index in [1.165, 1.54) is 30.6 Å². The molecule has 0 fully saturated rings. The van der Waals surface area contributed by atoms with Crippen molar-refractivity contribution in [2.75, 3.05) is 0 Å². The smallest absolute Gasteiger partial charge is 0.0508 e. The number of hydrogen-bond donors (Lipinski definition) is 0. The number of thiophene rings is 8. The van der Waals surface area contributed by atoms with Crippen LogP contribution in [0.5, 0.6) is 0 Å². The van der Waals surface area contributed by atoms with Gasteiger partial charge in [0.25, 0.3) is 0 Å². The predicted octanol–water partition coefficient (Wildman–Crippen LogP) is 13.9. The molecule has 216 valence electrons. The van der Waals surface area contributed by atoms with E-state index in [-0.39, 0.29) is 10.8 Å². The molecular formula is C36H24S8. The summed E-state index contributed by atoms with van der Waals surface area (Å²) in [5.74, 6) is 0. The Morgan fingerprint density at radius 3 is 1.27 bits per heavy atom. The minimum atomic E-state index is 0.143. The Kier molecular flexibility index (Phi) is 5.08. The number of hydrogen-bond acceptors (Lipinski definition) is 8. The number of rotatable bonds is 0. The van der Waals surface area contributed by atoms with Gasteiger partial charge in [0.1, 0.15) is 0 Å². The summed E-state index contributed by atoms with van der Waals surface area (Å²) in [6.07, 6.45) is 2.32. The molecule has 8 heterocycles. The van der Waals surface area contributed by atoms with Crippen LogP contribution < -0.4 is 0 Å². The van der Waals surface area contributed by atoms with Crippen LogP contribution >= 0.6 is 90.7 Å². The Morgan fingerprint density at radius 2 is 0.818 bits per heavy atom. The highest BCUT2D eigenvalue weighted by atomic mass is 32.1. The van der Waals surface area contributed by atoms with Crippen LogP contribution in [0.2, 0.25) is 0 Å². The van der Waals surface area contributed by atoms with Gasteiger partial charge >= 0.3 is 0 Å². The molecule has 12 rings (SSSR count). The summed E-state index contributed by atoms with van der Waals surface area (Å²) in [6, 6.07) is 9.27. The summed E-state index contributed by atoms with van der Waals surface area (Å²) in [7, 11) is 0. The normalized spacial score (nSPS) is 16.8. The second-order valence-electron chi connectivity index (χ2n) is 13.2. The van der Waals surface area contributed by atoms with Crippen molar-refractivity contribution in [3.05, 3.63) is 90.3 Å². The van der Waals surface area contributed by atoms with Gasteiger partial charge in [-0.2, -0.15) is 0 Å². The van der Waals surface area contributed by atoms with Crippen molar-refractivity contribution in [3.63, 3.8) is 0 Å². The molecule has 0 spiro atoms. The fourth-order valence-corrected chi connectivity index (χ4v) is 19.2. The molecule has 4 aliphatic carbocycles. The summed E-state index contributed by atoms with van der Waals surface area (Å²) >= 11 is 15.8. The molecule has 0 unspecified atom stereocenters. The average molecular weight is 713 g/mol. The minimum Gasteiger partial charge on any atom is -0.143 e. The summed E-state index contributed by atoms with van der Waals surface area (Å²) in [4.78, 5) is 12.3. The zero-order valence-corrected chi connectivity index (χ0v) is 30.8. The predicted molar refractivity (Wildman–Crippen MR) is 203 cm³/mol. The second-order valence-corrected chi connectivity index (χ2v) is 21.0. The first-order valence-electron chi connectivity index (χ1n) is 14.8. The fraction of sp³-hybridized carbons (Fsp3) is 0.222. The third kappa shape index (κ3) is 3.04. The molecule has 0 atom stereocenters. The molecule has 0 bridgehead atoms. The van der Waals surface area contributed by atoms with Gasteiger partial charge in [-0.1, -0.05) is 27.7 Å². The number of fused-ring (bicyclic) bond motifs is 18. The van der Waals surface area contributed by atoms with Gasteiger partial charge in [0.05, 0.1) is 38.3 Å². The molecule has 0 amide bonds. The van der Waals surface area contributed by atoms with Crippen LogP contribution in [0.4, 0.5) is 0 Å². The lowest BCUT2D eigenvalue weighted by Gasteiger charge is -2.20. The van der Waals surface area contributed by atoms with E-state index < -0.39 is 0 Å². The molecule has 0 saturated heterocycles. The first-order chi connectivity index (χ1) is 21.3. The Hall–Kier alpha value is -1.88. The summed E-state index contributed by atoms with van der Waals surface area (Å²) < 4.78 is 6.27. The van der Waals surface area contributed by atoms with Crippen molar-refractivity contribution in [2.24, 2.45) is 0 Å². The molecule has 0 nitrogen and oxygen atoms in total. The SMILES string of the molecule is CC1(C)c2ccsc2-c2sc3c4c(sc3c21)-c1sccc1C4(C)C.c1cc2c(s1)-c1sc3c4c(sc3c1C2)-c1sccc1C4. The maximum absolute atomic E-state index is 2.41. The van der Waals surface area contributed by atoms with E-state index in [0.29, 0.717) is 0 Å². The molecule has 8 heteroatoms. The second kappa shape index (κ2) is 8.52. The summed E-state index contributed by atoms with van der Waals surface area (Å²) in [6.45, 7) is 9.62. The lowest BCUT2D eigenvalue weighted by atomic mass is 9.82. The average Bonchev–Trinajstić information content (AvgIpc) is 3.80. The molecule has 0 saturated carbocycles. The molecule has 4 aliphatic rings. The maximum Gasteiger partial charge on any atom is 0.0508 e. The molecule has 0 radical (unpaired) electrons. The van der Waals surface area contributed by atoms with Gasteiger partial charge < -0.3 is 0 Å². The first kappa shape index (κ1) is 26.2. The highest BCUT2D eigenvalue weighted by Gasteiger charge is 2.45. The van der Waals surface area contributed by atoms with E-state index in [0.717, 1.165) is 12.8 Å². The van der Waals surface area contributed by atoms with Crippen LogP contribution in [-0.2, 0) is 23.7 Å². The Morgan fingerprint density at radius 1 is 0.432 bits per heavy atom. The third-order valence-corrected chi connectivity index (χ3v) is 19.9. The molecule has 0 N–H and O–H groups in total. The van der Waals surface area contributed by atoms with Gasteiger partial charge in [-0.05, 0) is 90.3 Å². The van der Waals surface area contributed by atoms with Crippen molar-refractivity contribution in [3.8, 4) is 39.0 Å². The van der Waals surface area contributed by atoms with Gasteiger partial charge in [-0.15, -0.1) is 90.7 Å². The van der Waals surface area contributed by atoms with Crippen LogP contribution in [0.3, 0.4) is 0 Å². The largest absolute Gasteiger partial charge is 0.143 e. The van der Waals surface area contributed by atoms with Crippen molar-refractivity contribution in [1.82, 2.24) is 0 Å². The van der Waals surface area contributed by atoms with Gasteiger partial charge in [0.2, 0.25) is 0 Å². The van der Waals surface area contributed by atoms with E-state index in [1.54, 1.807) is 71.7 Å². The van der Waals surface area contributed by atoms with E-state index in [4.69, 9.17) is 0 Å². The van der Waals surface area contributed by atoms with Crippen LogP contribution in [-0.4, -0.2) is 0 Å². The lowest BCUT2D eigenvalue weighted by Crippen LogP contribution is -2.14. The van der Waals surface area contributed by atoms with Crippen molar-refractivity contribution < 1.29 is 0 Å². The molecule has 8 aromatic heterocycles. The van der Waals surface area contributed by atoms with Crippen molar-refractivity contribution in [2.45, 2.75) is 51.4 Å². The van der Waals surface area contributed by atoms with E-state index in [9.17, 15) is 0 Å². The van der Waals surface area contributed by atoms with Gasteiger partial charge in [0, 0.05) is 43.2 Å². The molecule has 44 heavy (non-hydrogen) atoms. The molecule has 8 aromatic rings. The fourth-order valence-electron chi connectivity index (χ4n) is 8.05. The summed E-state index contributed by atoms with van der Waals surface area (Å²) in [5.41, 5.74) is 12.9. The highest BCUT2D eigenvalue weighted by Crippen LogP contribution is 2.65. The highest BCUT2D eigenvalue weighted by molar-refractivity contribution is 7.35. The van der Waals surface area contributed by atoms with E-state index in [1.807, 2.05) is 90.7 Å². The Labute approximate surface area is 287 Å². The van der Waals surface area contributed by atoms with E-state index in [2.05, 4.69) is 73.5 Å². The van der Waals surface area contributed by atoms with Crippen LogP contribution in [0, 0.1) is 0 Å².